The van der Waals surface area contributed by atoms with Gasteiger partial charge in [0.05, 0.1) is 35.5 Å². The fourth-order valence-corrected chi connectivity index (χ4v) is 4.80. The lowest BCUT2D eigenvalue weighted by Gasteiger charge is -2.14. The molecule has 38 heavy (non-hydrogen) atoms. The number of aryl methyl sites for hydroxylation is 1. The third kappa shape index (κ3) is 4.40. The van der Waals surface area contributed by atoms with Gasteiger partial charge in [-0.05, 0) is 36.8 Å². The topological polar surface area (TPSA) is 156 Å². The van der Waals surface area contributed by atoms with Crippen molar-refractivity contribution in [2.45, 2.75) is 18.9 Å². The fraction of sp³-hybridized carbons (Fsp3) is 0.125. The third-order valence-corrected chi connectivity index (χ3v) is 6.55. The number of amides is 1. The SMILES string of the molecule is O=C(O)Nc1ccc(-c2cnc([C@@H]3CCc4nc(-c5cc(Cl)ccc5-n5cc(Cl)nn5)cc(=O)n43)[nH]2)cn1. The highest BCUT2D eigenvalue weighted by molar-refractivity contribution is 6.31. The third-order valence-electron chi connectivity index (χ3n) is 6.15. The van der Waals surface area contributed by atoms with Crippen molar-refractivity contribution in [2.24, 2.45) is 0 Å². The molecule has 0 bridgehead atoms. The second-order valence-corrected chi connectivity index (χ2v) is 9.34. The van der Waals surface area contributed by atoms with Gasteiger partial charge in [-0.2, -0.15) is 0 Å². The molecule has 4 aromatic heterocycles. The number of pyridine rings is 1. The predicted molar refractivity (Wildman–Crippen MR) is 139 cm³/mol. The Labute approximate surface area is 223 Å². The lowest BCUT2D eigenvalue weighted by atomic mass is 10.1. The second-order valence-electron chi connectivity index (χ2n) is 8.51. The summed E-state index contributed by atoms with van der Waals surface area (Å²) >= 11 is 12.2. The summed E-state index contributed by atoms with van der Waals surface area (Å²) in [7, 11) is 0. The Bertz CT molecular complexity index is 1740. The summed E-state index contributed by atoms with van der Waals surface area (Å²) in [5, 5.41) is 19.6. The number of H-pyrrole nitrogens is 1. The number of fused-ring (bicyclic) bond motifs is 1. The normalized spacial score (nSPS) is 14.4. The van der Waals surface area contributed by atoms with E-state index in [1.807, 2.05) is 0 Å². The van der Waals surface area contributed by atoms with Crippen molar-refractivity contribution in [3.8, 4) is 28.2 Å². The molecule has 1 aliphatic heterocycles. The van der Waals surface area contributed by atoms with Crippen LogP contribution in [0.25, 0.3) is 28.2 Å². The Kier molecular flexibility index (Phi) is 5.89. The number of hydrogen-bond donors (Lipinski definition) is 3. The lowest BCUT2D eigenvalue weighted by molar-refractivity contribution is 0.209. The van der Waals surface area contributed by atoms with Crippen LogP contribution >= 0.6 is 23.2 Å². The Morgan fingerprint density at radius 2 is 2.00 bits per heavy atom. The highest BCUT2D eigenvalue weighted by atomic mass is 35.5. The van der Waals surface area contributed by atoms with Gasteiger partial charge in [0.2, 0.25) is 0 Å². The van der Waals surface area contributed by atoms with E-state index in [1.165, 1.54) is 16.9 Å². The van der Waals surface area contributed by atoms with Crippen LogP contribution in [-0.4, -0.2) is 50.7 Å². The number of nitrogens with zero attached hydrogens (tertiary/aromatic N) is 7. The van der Waals surface area contributed by atoms with Crippen molar-refractivity contribution in [1.29, 1.82) is 0 Å². The van der Waals surface area contributed by atoms with E-state index in [1.54, 1.807) is 47.3 Å². The largest absolute Gasteiger partial charge is 0.465 e. The van der Waals surface area contributed by atoms with Crippen LogP contribution in [0.4, 0.5) is 10.6 Å². The van der Waals surface area contributed by atoms with Crippen molar-refractivity contribution >= 4 is 35.1 Å². The van der Waals surface area contributed by atoms with E-state index in [2.05, 4.69) is 30.6 Å². The first-order valence-electron chi connectivity index (χ1n) is 11.4. The van der Waals surface area contributed by atoms with Gasteiger partial charge >= 0.3 is 6.09 Å². The van der Waals surface area contributed by atoms with E-state index in [-0.39, 0.29) is 22.6 Å². The van der Waals surface area contributed by atoms with Gasteiger partial charge in [0.15, 0.2) is 5.15 Å². The number of benzene rings is 1. The number of anilines is 1. The number of rotatable bonds is 5. The maximum absolute atomic E-state index is 13.4. The number of imidazole rings is 1. The summed E-state index contributed by atoms with van der Waals surface area (Å²) in [6, 6.07) is 9.64. The molecule has 12 nitrogen and oxygen atoms in total. The monoisotopic (exact) mass is 549 g/mol. The smallest absolute Gasteiger partial charge is 0.410 e. The van der Waals surface area contributed by atoms with Crippen LogP contribution in [0.1, 0.15) is 24.1 Å². The van der Waals surface area contributed by atoms with Gasteiger partial charge in [0, 0.05) is 34.8 Å². The molecule has 0 fully saturated rings. The van der Waals surface area contributed by atoms with Crippen LogP contribution in [-0.2, 0) is 6.42 Å². The highest BCUT2D eigenvalue weighted by Crippen LogP contribution is 2.32. The van der Waals surface area contributed by atoms with Gasteiger partial charge in [-0.15, -0.1) is 5.10 Å². The summed E-state index contributed by atoms with van der Waals surface area (Å²) in [5.41, 5.74) is 2.91. The van der Waals surface area contributed by atoms with E-state index < -0.39 is 6.09 Å². The summed E-state index contributed by atoms with van der Waals surface area (Å²) in [6.07, 6.45) is 4.78. The van der Waals surface area contributed by atoms with Gasteiger partial charge in [-0.25, -0.2) is 24.4 Å². The van der Waals surface area contributed by atoms with Gasteiger partial charge in [0.1, 0.15) is 17.5 Å². The van der Waals surface area contributed by atoms with Crippen molar-refractivity contribution in [3.63, 3.8) is 0 Å². The van der Waals surface area contributed by atoms with Crippen LogP contribution in [0.15, 0.2) is 59.8 Å². The van der Waals surface area contributed by atoms with E-state index >= 15 is 0 Å². The van der Waals surface area contributed by atoms with Crippen molar-refractivity contribution < 1.29 is 9.90 Å². The van der Waals surface area contributed by atoms with E-state index in [4.69, 9.17) is 33.3 Å². The minimum atomic E-state index is -1.19. The molecule has 6 rings (SSSR count). The van der Waals surface area contributed by atoms with E-state index in [0.29, 0.717) is 52.2 Å². The maximum Gasteiger partial charge on any atom is 0.410 e. The number of aromatic amines is 1. The molecule has 1 aromatic carbocycles. The zero-order chi connectivity index (χ0) is 26.4. The molecule has 14 heteroatoms. The zero-order valence-electron chi connectivity index (χ0n) is 19.3. The van der Waals surface area contributed by atoms with E-state index in [9.17, 15) is 9.59 Å². The Morgan fingerprint density at radius 3 is 2.74 bits per heavy atom. The first-order valence-corrected chi connectivity index (χ1v) is 12.1. The second kappa shape index (κ2) is 9.39. The van der Waals surface area contributed by atoms with Crippen LogP contribution < -0.4 is 10.9 Å². The molecule has 0 saturated heterocycles. The van der Waals surface area contributed by atoms with Crippen molar-refractivity contribution in [2.75, 3.05) is 5.32 Å². The maximum atomic E-state index is 13.4. The summed E-state index contributed by atoms with van der Waals surface area (Å²) < 4.78 is 3.15. The van der Waals surface area contributed by atoms with Gasteiger partial charge < -0.3 is 10.1 Å². The lowest BCUT2D eigenvalue weighted by Crippen LogP contribution is -2.25. The molecule has 0 unspecified atom stereocenters. The summed E-state index contributed by atoms with van der Waals surface area (Å²) in [5.74, 6) is 1.46. The van der Waals surface area contributed by atoms with Crippen LogP contribution in [0, 0.1) is 0 Å². The number of aromatic nitrogens is 8. The molecule has 0 spiro atoms. The minimum absolute atomic E-state index is 0.217. The molecule has 5 heterocycles. The number of halogens is 2. The zero-order valence-corrected chi connectivity index (χ0v) is 20.8. The van der Waals surface area contributed by atoms with E-state index in [0.717, 1.165) is 5.56 Å². The quantitative estimate of drug-likeness (QED) is 0.294. The van der Waals surface area contributed by atoms with Gasteiger partial charge in [-0.1, -0.05) is 28.4 Å². The summed E-state index contributed by atoms with van der Waals surface area (Å²) in [4.78, 5) is 40.8. The van der Waals surface area contributed by atoms with Gasteiger partial charge in [-0.3, -0.25) is 14.7 Å². The molecule has 1 amide bonds. The molecular formula is C24H17Cl2N9O3. The standard InChI is InChI=1S/C24H17Cl2N9O3/c25-13-2-3-17(34-11-19(26)32-33-34)14(7-13)15-8-22(36)35-18(4-6-21(35)29-15)23-28-10-16(30-23)12-1-5-20(27-9-12)31-24(37)38/h1-3,5,7-11,18H,4,6H2,(H,27,31)(H,28,30)(H,37,38)/t18-/m0/s1. The molecular weight excluding hydrogens is 533 g/mol. The minimum Gasteiger partial charge on any atom is -0.465 e. The molecule has 0 radical (unpaired) electrons. The average Bonchev–Trinajstić information content (AvgIpc) is 3.64. The van der Waals surface area contributed by atoms with Crippen LogP contribution in [0.3, 0.4) is 0 Å². The average molecular weight is 550 g/mol. The highest BCUT2D eigenvalue weighted by Gasteiger charge is 2.29. The Hall–Kier alpha value is -4.55. The first kappa shape index (κ1) is 23.8. The summed E-state index contributed by atoms with van der Waals surface area (Å²) in [6.45, 7) is 0. The van der Waals surface area contributed by atoms with Gasteiger partial charge in [0.25, 0.3) is 5.56 Å². The van der Waals surface area contributed by atoms with Crippen molar-refractivity contribution in [3.05, 3.63) is 87.2 Å². The molecule has 3 N–H and O–H groups in total. The Morgan fingerprint density at radius 1 is 1.13 bits per heavy atom. The first-order chi connectivity index (χ1) is 18.4. The van der Waals surface area contributed by atoms with Crippen LogP contribution in [0.5, 0.6) is 0 Å². The number of carbonyl (C=O) groups is 1. The molecule has 190 valence electrons. The molecule has 1 aliphatic rings. The number of hydrogen-bond acceptors (Lipinski definition) is 7. The number of carboxylic acid groups (broad SMARTS) is 1. The molecule has 5 aromatic rings. The number of nitrogens with one attached hydrogen (secondary N) is 2. The molecule has 0 saturated carbocycles. The molecule has 1 atom stereocenters. The predicted octanol–water partition coefficient (Wildman–Crippen LogP) is 4.21. The molecule has 0 aliphatic carbocycles. The fourth-order valence-electron chi connectivity index (χ4n) is 4.50. The van der Waals surface area contributed by atoms with Crippen molar-refractivity contribution in [1.82, 2.24) is 39.5 Å². The Balaban J connectivity index is 1.33. The van der Waals surface area contributed by atoms with Crippen LogP contribution in [0.2, 0.25) is 10.2 Å².